The zero-order valence-electron chi connectivity index (χ0n) is 14.3. The van der Waals surface area contributed by atoms with Gasteiger partial charge in [-0.3, -0.25) is 9.59 Å². The molecule has 0 saturated heterocycles. The highest BCUT2D eigenvalue weighted by Crippen LogP contribution is 2.28. The first-order chi connectivity index (χ1) is 11.9. The molecule has 0 aliphatic rings. The molecule has 0 aromatic heterocycles. The second-order valence-electron chi connectivity index (χ2n) is 5.50. The summed E-state index contributed by atoms with van der Waals surface area (Å²) in [4.78, 5) is 25.1. The Balaban J connectivity index is 2.17. The Bertz CT molecular complexity index is 766. The van der Waals surface area contributed by atoms with Gasteiger partial charge in [0.15, 0.2) is 0 Å². The molecule has 25 heavy (non-hydrogen) atoms. The van der Waals surface area contributed by atoms with Crippen molar-refractivity contribution in [2.75, 3.05) is 7.11 Å². The quantitative estimate of drug-likeness (QED) is 0.595. The minimum atomic E-state index is -0.403. The number of carbonyl (C=O) groups is 2. The molecule has 0 aliphatic carbocycles. The van der Waals surface area contributed by atoms with Gasteiger partial charge in [0.1, 0.15) is 5.25 Å². The summed E-state index contributed by atoms with van der Waals surface area (Å²) in [6, 6.07) is 14.3. The van der Waals surface area contributed by atoms with E-state index in [2.05, 4.69) is 5.32 Å². The number of methoxy groups -OCH3 is 1. The van der Waals surface area contributed by atoms with Crippen LogP contribution in [0.2, 0.25) is 5.02 Å². The number of halogens is 1. The molecule has 0 bridgehead atoms. The first kappa shape index (κ1) is 19.3. The minimum Gasteiger partial charge on any atom is -0.468 e. The lowest BCUT2D eigenvalue weighted by Crippen LogP contribution is -2.27. The fraction of sp³-hybridized carbons (Fsp3) is 0.263. The van der Waals surface area contributed by atoms with E-state index < -0.39 is 5.25 Å². The first-order valence-electron chi connectivity index (χ1n) is 7.82. The second kappa shape index (κ2) is 8.92. The molecule has 0 saturated carbocycles. The van der Waals surface area contributed by atoms with Gasteiger partial charge in [-0.15, -0.1) is 11.8 Å². The number of benzene rings is 2. The summed E-state index contributed by atoms with van der Waals surface area (Å²) in [5.74, 6) is -0.544. The molecule has 6 heteroatoms. The Morgan fingerprint density at radius 2 is 1.72 bits per heavy atom. The zero-order valence-corrected chi connectivity index (χ0v) is 15.9. The number of nitrogens with one attached hydrogen (secondary N) is 1. The average molecular weight is 378 g/mol. The number of ether oxygens (including phenoxy) is 1. The Morgan fingerprint density at radius 3 is 2.40 bits per heavy atom. The van der Waals surface area contributed by atoms with E-state index in [0.717, 1.165) is 10.5 Å². The normalized spacial score (nSPS) is 13.0. The van der Waals surface area contributed by atoms with E-state index in [1.807, 2.05) is 37.3 Å². The highest BCUT2D eigenvalue weighted by Gasteiger charge is 2.20. The van der Waals surface area contributed by atoms with Gasteiger partial charge >= 0.3 is 5.97 Å². The van der Waals surface area contributed by atoms with Gasteiger partial charge < -0.3 is 10.1 Å². The van der Waals surface area contributed by atoms with Crippen molar-refractivity contribution in [3.05, 3.63) is 64.7 Å². The molecular weight excluding hydrogens is 358 g/mol. The third-order valence-corrected chi connectivity index (χ3v) is 5.19. The zero-order chi connectivity index (χ0) is 18.4. The van der Waals surface area contributed by atoms with Crippen LogP contribution < -0.4 is 5.32 Å². The van der Waals surface area contributed by atoms with Crippen molar-refractivity contribution in [3.8, 4) is 0 Å². The molecule has 2 aromatic carbocycles. The lowest BCUT2D eigenvalue weighted by Gasteiger charge is -2.17. The minimum absolute atomic E-state index is 0.215. The van der Waals surface area contributed by atoms with Gasteiger partial charge in [0, 0.05) is 9.92 Å². The molecule has 0 heterocycles. The van der Waals surface area contributed by atoms with Crippen molar-refractivity contribution in [1.29, 1.82) is 0 Å². The summed E-state index contributed by atoms with van der Waals surface area (Å²) in [5, 5.41) is 3.16. The standard InChI is InChI=1S/C19H20ClNO3S/c1-12(14-8-4-6-10-16(14)20)21-18(22)15-9-5-7-11-17(15)25-13(2)19(23)24-3/h4-13H,1-3H3,(H,21,22). The van der Waals surface area contributed by atoms with E-state index in [0.29, 0.717) is 10.6 Å². The number of esters is 1. The van der Waals surface area contributed by atoms with Crippen LogP contribution in [-0.4, -0.2) is 24.2 Å². The number of hydrogen-bond donors (Lipinski definition) is 1. The van der Waals surface area contributed by atoms with Crippen molar-refractivity contribution in [3.63, 3.8) is 0 Å². The molecule has 2 aromatic rings. The van der Waals surface area contributed by atoms with E-state index in [9.17, 15) is 9.59 Å². The van der Waals surface area contributed by atoms with Gasteiger partial charge in [-0.05, 0) is 37.6 Å². The van der Waals surface area contributed by atoms with E-state index in [4.69, 9.17) is 16.3 Å². The van der Waals surface area contributed by atoms with E-state index in [-0.39, 0.29) is 17.9 Å². The summed E-state index contributed by atoms with van der Waals surface area (Å²) in [7, 11) is 1.35. The van der Waals surface area contributed by atoms with Crippen LogP contribution in [0.5, 0.6) is 0 Å². The highest BCUT2D eigenvalue weighted by atomic mass is 35.5. The number of carbonyl (C=O) groups excluding carboxylic acids is 2. The lowest BCUT2D eigenvalue weighted by atomic mass is 10.1. The number of rotatable bonds is 6. The number of thioether (sulfide) groups is 1. The largest absolute Gasteiger partial charge is 0.468 e. The van der Waals surface area contributed by atoms with Crippen LogP contribution >= 0.6 is 23.4 Å². The Kier molecular flexibility index (Phi) is 6.91. The molecule has 132 valence electrons. The fourth-order valence-electron chi connectivity index (χ4n) is 2.34. The summed E-state index contributed by atoms with van der Waals surface area (Å²) >= 11 is 7.49. The topological polar surface area (TPSA) is 55.4 Å². The Hall–Kier alpha value is -1.98. The summed E-state index contributed by atoms with van der Waals surface area (Å²) < 4.78 is 4.75. The SMILES string of the molecule is COC(=O)C(C)Sc1ccccc1C(=O)NC(C)c1ccccc1Cl. The number of amides is 1. The van der Waals surface area contributed by atoms with Gasteiger partial charge in [0.2, 0.25) is 0 Å². The van der Waals surface area contributed by atoms with E-state index in [1.165, 1.54) is 18.9 Å². The maximum Gasteiger partial charge on any atom is 0.318 e. The molecular formula is C19H20ClNO3S. The molecule has 4 nitrogen and oxygen atoms in total. The molecule has 0 radical (unpaired) electrons. The van der Waals surface area contributed by atoms with Crippen LogP contribution in [0.15, 0.2) is 53.4 Å². The molecule has 0 fully saturated rings. The molecule has 0 aliphatic heterocycles. The van der Waals surface area contributed by atoms with Crippen LogP contribution in [0.3, 0.4) is 0 Å². The predicted molar refractivity (Wildman–Crippen MR) is 101 cm³/mol. The molecule has 1 amide bonds. The van der Waals surface area contributed by atoms with Gasteiger partial charge in [-0.2, -0.15) is 0 Å². The van der Waals surface area contributed by atoms with Crippen LogP contribution in [-0.2, 0) is 9.53 Å². The third kappa shape index (κ3) is 5.00. The van der Waals surface area contributed by atoms with Crippen molar-refractivity contribution in [2.45, 2.75) is 30.0 Å². The van der Waals surface area contributed by atoms with Crippen molar-refractivity contribution in [1.82, 2.24) is 5.32 Å². The first-order valence-corrected chi connectivity index (χ1v) is 9.08. The molecule has 0 spiro atoms. The fourth-order valence-corrected chi connectivity index (χ4v) is 3.66. The van der Waals surface area contributed by atoms with Crippen molar-refractivity contribution in [2.24, 2.45) is 0 Å². The molecule has 2 unspecified atom stereocenters. The highest BCUT2D eigenvalue weighted by molar-refractivity contribution is 8.00. The van der Waals surface area contributed by atoms with Gasteiger partial charge in [0.25, 0.3) is 5.91 Å². The molecule has 2 atom stereocenters. The Morgan fingerprint density at radius 1 is 1.08 bits per heavy atom. The average Bonchev–Trinajstić information content (AvgIpc) is 2.61. The Labute approximate surface area is 156 Å². The van der Waals surface area contributed by atoms with E-state index in [1.54, 1.807) is 25.1 Å². The van der Waals surface area contributed by atoms with Crippen LogP contribution in [0, 0.1) is 0 Å². The van der Waals surface area contributed by atoms with Crippen LogP contribution in [0.25, 0.3) is 0 Å². The summed E-state index contributed by atoms with van der Waals surface area (Å²) in [6.45, 7) is 3.63. The third-order valence-electron chi connectivity index (χ3n) is 3.69. The molecule has 2 rings (SSSR count). The predicted octanol–water partition coefficient (Wildman–Crippen LogP) is 4.48. The second-order valence-corrected chi connectivity index (χ2v) is 7.29. The van der Waals surface area contributed by atoms with Crippen LogP contribution in [0.4, 0.5) is 0 Å². The lowest BCUT2D eigenvalue weighted by molar-refractivity contribution is -0.139. The smallest absolute Gasteiger partial charge is 0.318 e. The van der Waals surface area contributed by atoms with Crippen molar-refractivity contribution >= 4 is 35.2 Å². The number of hydrogen-bond acceptors (Lipinski definition) is 4. The van der Waals surface area contributed by atoms with Gasteiger partial charge in [0.05, 0.1) is 18.7 Å². The van der Waals surface area contributed by atoms with Crippen molar-refractivity contribution < 1.29 is 14.3 Å². The van der Waals surface area contributed by atoms with Gasteiger partial charge in [-0.1, -0.05) is 41.9 Å². The molecule has 1 N–H and O–H groups in total. The van der Waals surface area contributed by atoms with E-state index >= 15 is 0 Å². The van der Waals surface area contributed by atoms with Gasteiger partial charge in [-0.25, -0.2) is 0 Å². The maximum atomic E-state index is 12.7. The summed E-state index contributed by atoms with van der Waals surface area (Å²) in [6.07, 6.45) is 0. The monoisotopic (exact) mass is 377 g/mol. The summed E-state index contributed by atoms with van der Waals surface area (Å²) in [5.41, 5.74) is 1.37. The van der Waals surface area contributed by atoms with Crippen LogP contribution in [0.1, 0.15) is 35.8 Å². The maximum absolute atomic E-state index is 12.7.